The van der Waals surface area contributed by atoms with Crippen molar-refractivity contribution in [2.45, 2.75) is 6.42 Å². The molecular weight excluding hydrogens is 202 g/mol. The van der Waals surface area contributed by atoms with E-state index in [-0.39, 0.29) is 5.78 Å². The van der Waals surface area contributed by atoms with Gasteiger partial charge in [-0.15, -0.1) is 11.6 Å². The Kier molecular flexibility index (Phi) is 3.77. The summed E-state index contributed by atoms with van der Waals surface area (Å²) in [4.78, 5) is 11.4. The molecule has 1 rings (SSSR count). The fourth-order valence-corrected chi connectivity index (χ4v) is 1.31. The second kappa shape index (κ2) is 4.86. The van der Waals surface area contributed by atoms with Crippen molar-refractivity contribution in [3.05, 3.63) is 23.8 Å². The molecule has 0 aromatic heterocycles. The number of nitrogen functional groups attached to an aromatic ring is 1. The fourth-order valence-electron chi connectivity index (χ4n) is 1.14. The molecule has 0 aliphatic heterocycles. The summed E-state index contributed by atoms with van der Waals surface area (Å²) in [6, 6.07) is 4.97. The average Bonchev–Trinajstić information content (AvgIpc) is 2.18. The Morgan fingerprint density at radius 3 is 2.79 bits per heavy atom. The van der Waals surface area contributed by atoms with Gasteiger partial charge in [-0.2, -0.15) is 0 Å². The van der Waals surface area contributed by atoms with E-state index < -0.39 is 0 Å². The van der Waals surface area contributed by atoms with Gasteiger partial charge in [0.15, 0.2) is 5.78 Å². The van der Waals surface area contributed by atoms with Crippen LogP contribution in [0.15, 0.2) is 18.2 Å². The van der Waals surface area contributed by atoms with Crippen LogP contribution < -0.4 is 10.5 Å². The first kappa shape index (κ1) is 10.9. The summed E-state index contributed by atoms with van der Waals surface area (Å²) in [5, 5.41) is 0. The lowest BCUT2D eigenvalue weighted by Crippen LogP contribution is -2.01. The number of halogens is 1. The molecule has 0 bridgehead atoms. The summed E-state index contributed by atoms with van der Waals surface area (Å²) >= 11 is 5.47. The molecule has 0 fully saturated rings. The average molecular weight is 214 g/mol. The Bertz CT molecular complexity index is 339. The molecule has 1 aromatic rings. The highest BCUT2D eigenvalue weighted by atomic mass is 35.5. The molecule has 0 amide bonds. The number of benzene rings is 1. The van der Waals surface area contributed by atoms with Crippen LogP contribution in [0, 0.1) is 0 Å². The largest absolute Gasteiger partial charge is 0.495 e. The number of ether oxygens (including phenoxy) is 1. The molecule has 0 unspecified atom stereocenters. The smallest absolute Gasteiger partial charge is 0.164 e. The molecule has 0 aliphatic carbocycles. The van der Waals surface area contributed by atoms with Crippen molar-refractivity contribution in [3.63, 3.8) is 0 Å². The first-order valence-corrected chi connectivity index (χ1v) is 4.75. The van der Waals surface area contributed by atoms with Crippen molar-refractivity contribution in [3.8, 4) is 5.75 Å². The SMILES string of the molecule is COc1ccc(C(=O)CCCl)cc1N. The Hall–Kier alpha value is -1.22. The zero-order chi connectivity index (χ0) is 10.6. The van der Waals surface area contributed by atoms with E-state index in [4.69, 9.17) is 22.1 Å². The number of ketones is 1. The van der Waals surface area contributed by atoms with Gasteiger partial charge in [-0.1, -0.05) is 0 Å². The predicted molar refractivity (Wildman–Crippen MR) is 57.1 cm³/mol. The Labute approximate surface area is 87.8 Å². The minimum atomic E-state index is -0.00523. The molecule has 0 aliphatic rings. The molecule has 4 heteroatoms. The Balaban J connectivity index is 2.91. The maximum absolute atomic E-state index is 11.4. The molecule has 0 heterocycles. The lowest BCUT2D eigenvalue weighted by atomic mass is 10.1. The molecule has 0 radical (unpaired) electrons. The normalized spacial score (nSPS) is 9.86. The maximum Gasteiger partial charge on any atom is 0.164 e. The second-order valence-corrected chi connectivity index (χ2v) is 3.20. The zero-order valence-corrected chi connectivity index (χ0v) is 8.67. The molecular formula is C10H12ClNO2. The van der Waals surface area contributed by atoms with Gasteiger partial charge in [0.25, 0.3) is 0 Å². The van der Waals surface area contributed by atoms with Crippen LogP contribution >= 0.6 is 11.6 Å². The summed E-state index contributed by atoms with van der Waals surface area (Å²) in [5.41, 5.74) is 6.69. The predicted octanol–water partition coefficient (Wildman–Crippen LogP) is 2.09. The van der Waals surface area contributed by atoms with Crippen LogP contribution in [0.1, 0.15) is 16.8 Å². The lowest BCUT2D eigenvalue weighted by Gasteiger charge is -2.05. The van der Waals surface area contributed by atoms with E-state index in [0.717, 1.165) is 0 Å². The summed E-state index contributed by atoms with van der Waals surface area (Å²) < 4.78 is 4.98. The van der Waals surface area contributed by atoms with E-state index in [2.05, 4.69) is 0 Å². The van der Waals surface area contributed by atoms with Crippen LogP contribution in [0.4, 0.5) is 5.69 Å². The molecule has 2 N–H and O–H groups in total. The Morgan fingerprint density at radius 2 is 2.29 bits per heavy atom. The molecule has 3 nitrogen and oxygen atoms in total. The number of carbonyl (C=O) groups excluding carboxylic acids is 1. The van der Waals surface area contributed by atoms with Crippen LogP contribution in [0.25, 0.3) is 0 Å². The zero-order valence-electron chi connectivity index (χ0n) is 7.92. The van der Waals surface area contributed by atoms with E-state index in [0.29, 0.717) is 29.3 Å². The highest BCUT2D eigenvalue weighted by Gasteiger charge is 2.07. The van der Waals surface area contributed by atoms with E-state index >= 15 is 0 Å². The maximum atomic E-state index is 11.4. The number of methoxy groups -OCH3 is 1. The van der Waals surface area contributed by atoms with Gasteiger partial charge in [0, 0.05) is 17.9 Å². The van der Waals surface area contributed by atoms with Crippen LogP contribution in [-0.4, -0.2) is 18.8 Å². The first-order chi connectivity index (χ1) is 6.69. The Morgan fingerprint density at radius 1 is 1.57 bits per heavy atom. The van der Waals surface area contributed by atoms with Crippen molar-refractivity contribution >= 4 is 23.1 Å². The standard InChI is InChI=1S/C10H12ClNO2/c1-14-10-3-2-7(6-8(10)12)9(13)4-5-11/h2-3,6H,4-5,12H2,1H3. The molecule has 0 saturated heterocycles. The minimum Gasteiger partial charge on any atom is -0.495 e. The quantitative estimate of drug-likeness (QED) is 0.473. The number of Topliss-reactive ketones (excluding diaryl/α,β-unsaturated/α-hetero) is 1. The van der Waals surface area contributed by atoms with Gasteiger partial charge < -0.3 is 10.5 Å². The van der Waals surface area contributed by atoms with Crippen LogP contribution in [0.5, 0.6) is 5.75 Å². The van der Waals surface area contributed by atoms with E-state index in [1.54, 1.807) is 18.2 Å². The minimum absolute atomic E-state index is 0.00523. The summed E-state index contributed by atoms with van der Waals surface area (Å²) in [5.74, 6) is 0.895. The van der Waals surface area contributed by atoms with Crippen LogP contribution in [0.3, 0.4) is 0 Å². The molecule has 1 aromatic carbocycles. The van der Waals surface area contributed by atoms with Crippen molar-refractivity contribution in [2.75, 3.05) is 18.7 Å². The van der Waals surface area contributed by atoms with Gasteiger partial charge in [-0.05, 0) is 18.2 Å². The third kappa shape index (κ3) is 2.39. The topological polar surface area (TPSA) is 52.3 Å². The highest BCUT2D eigenvalue weighted by molar-refractivity contribution is 6.19. The van der Waals surface area contributed by atoms with E-state index in [1.165, 1.54) is 7.11 Å². The van der Waals surface area contributed by atoms with Crippen LogP contribution in [0.2, 0.25) is 0 Å². The van der Waals surface area contributed by atoms with Crippen molar-refractivity contribution in [1.82, 2.24) is 0 Å². The molecule has 0 spiro atoms. The van der Waals surface area contributed by atoms with Gasteiger partial charge in [-0.25, -0.2) is 0 Å². The van der Waals surface area contributed by atoms with Crippen LogP contribution in [-0.2, 0) is 0 Å². The number of anilines is 1. The van der Waals surface area contributed by atoms with Gasteiger partial charge in [-0.3, -0.25) is 4.79 Å². The number of hydrogen-bond donors (Lipinski definition) is 1. The van der Waals surface area contributed by atoms with Crippen molar-refractivity contribution in [1.29, 1.82) is 0 Å². The molecule has 0 saturated carbocycles. The number of nitrogens with two attached hydrogens (primary N) is 1. The molecule has 14 heavy (non-hydrogen) atoms. The van der Waals surface area contributed by atoms with Gasteiger partial charge in [0.05, 0.1) is 12.8 Å². The molecule has 76 valence electrons. The van der Waals surface area contributed by atoms with Crippen molar-refractivity contribution < 1.29 is 9.53 Å². The van der Waals surface area contributed by atoms with Crippen molar-refractivity contribution in [2.24, 2.45) is 0 Å². The monoisotopic (exact) mass is 213 g/mol. The second-order valence-electron chi connectivity index (χ2n) is 2.82. The number of carbonyl (C=O) groups is 1. The van der Waals surface area contributed by atoms with Gasteiger partial charge >= 0.3 is 0 Å². The lowest BCUT2D eigenvalue weighted by molar-refractivity contribution is 0.0989. The van der Waals surface area contributed by atoms with E-state index in [1.807, 2.05) is 0 Å². The number of hydrogen-bond acceptors (Lipinski definition) is 3. The van der Waals surface area contributed by atoms with E-state index in [9.17, 15) is 4.79 Å². The highest BCUT2D eigenvalue weighted by Crippen LogP contribution is 2.22. The fraction of sp³-hybridized carbons (Fsp3) is 0.300. The summed E-state index contributed by atoms with van der Waals surface area (Å²) in [6.45, 7) is 0. The number of rotatable bonds is 4. The molecule has 0 atom stereocenters. The number of alkyl halides is 1. The van der Waals surface area contributed by atoms with Gasteiger partial charge in [0.2, 0.25) is 0 Å². The third-order valence-corrected chi connectivity index (χ3v) is 2.06. The third-order valence-electron chi connectivity index (χ3n) is 1.87. The first-order valence-electron chi connectivity index (χ1n) is 4.21. The summed E-state index contributed by atoms with van der Waals surface area (Å²) in [7, 11) is 1.53. The van der Waals surface area contributed by atoms with Gasteiger partial charge in [0.1, 0.15) is 5.75 Å². The summed E-state index contributed by atoms with van der Waals surface area (Å²) in [6.07, 6.45) is 0.327.